The molecule has 0 aromatic rings. The number of unbranched alkanes of at least 4 members (excludes halogenated alkanes) is 18. The fourth-order valence-electron chi connectivity index (χ4n) is 9.99. The fourth-order valence-corrected chi connectivity index (χ4v) is 10.8. The molecule has 3 N–H and O–H groups in total. The third kappa shape index (κ3) is 82.7. The molecular weight excluding hydrogens is 1270 g/mol. The first-order valence-corrected chi connectivity index (χ1v) is 41.0. The van der Waals surface area contributed by atoms with E-state index in [2.05, 4.69) is 257 Å². The van der Waals surface area contributed by atoms with Crippen molar-refractivity contribution in [3.8, 4) is 0 Å². The topological polar surface area (TPSA) is 134 Å². The number of ether oxygens (including phenoxy) is 2. The maximum Gasteiger partial charge on any atom is 0.472 e. The fraction of sp³-hybridized carbons (Fsp3) is 0.538. The summed E-state index contributed by atoms with van der Waals surface area (Å²) in [5, 5.41) is 0. The second-order valence-electron chi connectivity index (χ2n) is 25.1. The van der Waals surface area contributed by atoms with E-state index in [9.17, 15) is 19.0 Å². The van der Waals surface area contributed by atoms with Crippen molar-refractivity contribution < 1.29 is 37.6 Å². The molecule has 0 heterocycles. The molecule has 0 fully saturated rings. The summed E-state index contributed by atoms with van der Waals surface area (Å²) >= 11 is 0. The first-order valence-electron chi connectivity index (χ1n) is 39.5. The SMILES string of the molecule is CC/C=C\C/C=C\C/C=C\C/C=C\C/C=C\C/C=C\C/C=C\C/C=C\C/C=C\C/C=C\C/C=C\CCCCCCCCCC(=O)OC(COC(=O)CCCCCCCCCCCCC/C=C\C/C=C\C/C=C\C/C=C\C/C=C\C/C=C\C/C=C\C/C=C\C/C=C\CC)COP(=O)(O)OCCN. The van der Waals surface area contributed by atoms with Crippen molar-refractivity contribution in [2.75, 3.05) is 26.4 Å². The molecule has 0 rings (SSSR count). The molecule has 0 spiro atoms. The van der Waals surface area contributed by atoms with Crippen molar-refractivity contribution in [1.29, 1.82) is 0 Å². The van der Waals surface area contributed by atoms with Gasteiger partial charge in [0.15, 0.2) is 6.10 Å². The Hall–Kier alpha value is -6.19. The number of hydrogen-bond acceptors (Lipinski definition) is 8. The van der Waals surface area contributed by atoms with Crippen LogP contribution in [-0.4, -0.2) is 49.3 Å². The Labute approximate surface area is 618 Å². The van der Waals surface area contributed by atoms with Gasteiger partial charge in [-0.05, 0) is 167 Å². The van der Waals surface area contributed by atoms with Crippen molar-refractivity contribution in [2.24, 2.45) is 5.73 Å². The number of carbonyl (C=O) groups is 2. The summed E-state index contributed by atoms with van der Waals surface area (Å²) in [5.41, 5.74) is 5.41. The minimum atomic E-state index is -4.42. The van der Waals surface area contributed by atoms with Gasteiger partial charge in [-0.1, -0.05) is 347 Å². The van der Waals surface area contributed by atoms with Gasteiger partial charge in [0, 0.05) is 19.4 Å². The van der Waals surface area contributed by atoms with E-state index in [1.54, 1.807) is 0 Å². The minimum Gasteiger partial charge on any atom is -0.462 e. The van der Waals surface area contributed by atoms with E-state index in [1.807, 2.05) is 0 Å². The van der Waals surface area contributed by atoms with Gasteiger partial charge in [0.1, 0.15) is 6.61 Å². The first-order chi connectivity index (χ1) is 49.8. The molecule has 101 heavy (non-hydrogen) atoms. The second kappa shape index (κ2) is 82.8. The Morgan fingerprint density at radius 1 is 0.297 bits per heavy atom. The van der Waals surface area contributed by atoms with E-state index in [0.29, 0.717) is 12.8 Å². The van der Waals surface area contributed by atoms with Gasteiger partial charge in [-0.3, -0.25) is 18.6 Å². The van der Waals surface area contributed by atoms with Gasteiger partial charge in [0.2, 0.25) is 0 Å². The first kappa shape index (κ1) is 94.8. The van der Waals surface area contributed by atoms with Crippen LogP contribution in [0.1, 0.15) is 284 Å². The molecule has 9 nitrogen and oxygen atoms in total. The monoisotopic (exact) mass is 1410 g/mol. The zero-order valence-corrected chi connectivity index (χ0v) is 64.4. The molecule has 0 aromatic carbocycles. The normalized spacial score (nSPS) is 14.2. The molecule has 0 saturated carbocycles. The molecular formula is C91H142NO8P. The number of rotatable bonds is 71. The molecule has 10 heteroatoms. The van der Waals surface area contributed by atoms with Gasteiger partial charge < -0.3 is 20.1 Å². The molecule has 2 atom stereocenters. The number of phosphoric acid groups is 1. The molecule has 0 bridgehead atoms. The molecule has 564 valence electrons. The lowest BCUT2D eigenvalue weighted by Crippen LogP contribution is -2.29. The largest absolute Gasteiger partial charge is 0.472 e. The van der Waals surface area contributed by atoms with Crippen LogP contribution >= 0.6 is 7.82 Å². The van der Waals surface area contributed by atoms with Crippen LogP contribution < -0.4 is 5.73 Å². The predicted octanol–water partition coefficient (Wildman–Crippen LogP) is 27.1. The molecule has 2 unspecified atom stereocenters. The third-order valence-electron chi connectivity index (χ3n) is 15.7. The van der Waals surface area contributed by atoms with E-state index in [-0.39, 0.29) is 32.6 Å². The lowest BCUT2D eigenvalue weighted by atomic mass is 10.0. The number of hydrogen-bond donors (Lipinski definition) is 2. The third-order valence-corrected chi connectivity index (χ3v) is 16.7. The summed E-state index contributed by atoms with van der Waals surface area (Å²) in [4.78, 5) is 35.5. The van der Waals surface area contributed by atoms with Crippen LogP contribution in [0.4, 0.5) is 0 Å². The Morgan fingerprint density at radius 3 is 0.762 bits per heavy atom. The van der Waals surface area contributed by atoms with Crippen LogP contribution in [0.2, 0.25) is 0 Å². The lowest BCUT2D eigenvalue weighted by molar-refractivity contribution is -0.161. The molecule has 0 radical (unpaired) electrons. The average molecular weight is 1410 g/mol. The number of phosphoric ester groups is 1. The van der Waals surface area contributed by atoms with E-state index >= 15 is 0 Å². The molecule has 0 aliphatic carbocycles. The van der Waals surface area contributed by atoms with Crippen LogP contribution in [0, 0.1) is 0 Å². The van der Waals surface area contributed by atoms with Crippen molar-refractivity contribution in [3.05, 3.63) is 243 Å². The highest BCUT2D eigenvalue weighted by Crippen LogP contribution is 2.43. The number of allylic oxidation sites excluding steroid dienone is 40. The van der Waals surface area contributed by atoms with E-state index < -0.39 is 32.5 Å². The van der Waals surface area contributed by atoms with E-state index in [0.717, 1.165) is 186 Å². The van der Waals surface area contributed by atoms with Crippen molar-refractivity contribution in [2.45, 2.75) is 290 Å². The smallest absolute Gasteiger partial charge is 0.462 e. The quantitative estimate of drug-likeness (QED) is 0.0264. The van der Waals surface area contributed by atoms with Crippen LogP contribution in [0.5, 0.6) is 0 Å². The van der Waals surface area contributed by atoms with E-state index in [1.165, 1.54) is 57.8 Å². The highest BCUT2D eigenvalue weighted by Gasteiger charge is 2.26. The second-order valence-corrected chi connectivity index (χ2v) is 26.6. The minimum absolute atomic E-state index is 0.0393. The van der Waals surface area contributed by atoms with Crippen molar-refractivity contribution in [3.63, 3.8) is 0 Å². The summed E-state index contributed by atoms with van der Waals surface area (Å²) in [5.74, 6) is -0.858. The molecule has 0 saturated heterocycles. The zero-order chi connectivity index (χ0) is 72.9. The highest BCUT2D eigenvalue weighted by molar-refractivity contribution is 7.47. The van der Waals surface area contributed by atoms with Crippen LogP contribution in [0.15, 0.2) is 243 Å². The predicted molar refractivity (Wildman–Crippen MR) is 440 cm³/mol. The van der Waals surface area contributed by atoms with Gasteiger partial charge in [-0.15, -0.1) is 0 Å². The van der Waals surface area contributed by atoms with Crippen molar-refractivity contribution >= 4 is 19.8 Å². The Kier molecular flexibility index (Phi) is 77.7. The number of esters is 2. The van der Waals surface area contributed by atoms with Gasteiger partial charge in [-0.2, -0.15) is 0 Å². The average Bonchev–Trinajstić information content (AvgIpc) is 1.04. The molecule has 0 amide bonds. The van der Waals surface area contributed by atoms with Gasteiger partial charge in [0.05, 0.1) is 13.2 Å². The summed E-state index contributed by atoms with van der Waals surface area (Å²) in [6, 6.07) is 0. The van der Waals surface area contributed by atoms with Gasteiger partial charge in [0.25, 0.3) is 0 Å². The summed E-state index contributed by atoms with van der Waals surface area (Å²) in [6.45, 7) is 3.48. The summed E-state index contributed by atoms with van der Waals surface area (Å²) < 4.78 is 33.2. The van der Waals surface area contributed by atoms with E-state index in [4.69, 9.17) is 24.3 Å². The van der Waals surface area contributed by atoms with Crippen LogP contribution in [0.3, 0.4) is 0 Å². The molecule has 0 aliphatic rings. The highest BCUT2D eigenvalue weighted by atomic mass is 31.2. The number of carbonyl (C=O) groups excluding carboxylic acids is 2. The molecule has 0 aliphatic heterocycles. The van der Waals surface area contributed by atoms with Crippen LogP contribution in [0.25, 0.3) is 0 Å². The van der Waals surface area contributed by atoms with Gasteiger partial charge >= 0.3 is 19.8 Å². The molecule has 0 aromatic heterocycles. The Bertz CT molecular complexity index is 2570. The maximum absolute atomic E-state index is 12.8. The summed E-state index contributed by atoms with van der Waals surface area (Å²) in [6.07, 6.45) is 131. The Morgan fingerprint density at radius 2 is 0.515 bits per heavy atom. The zero-order valence-electron chi connectivity index (χ0n) is 63.5. The standard InChI is InChI=1S/C91H142NO8P/c1-3-5-7-9-11-13-15-17-19-21-23-25-27-29-31-33-35-37-39-41-43-44-46-48-50-52-54-56-58-60-62-64-66-68-70-72-74-76-78-80-82-84-91(94)100-89(88-99-101(95,96)98-86-85-92)87-97-90(93)83-81-79-77-75-73-71-69-67-65-63-61-59-57-55-53-51-49-47-45-42-40-38-36-34-32-30-28-26-24-22-20-18-16-14-12-10-8-6-4-2/h5-8,11-14,17-20,23-26,29-32,35-38,41-43,45-46,48-49,51-52,54-55,57-58,60,64,66,89H,3-4,9-10,15-16,21-22,27-28,33-34,39-40,44,47,50,53,56,59,61-63,65,67-88,92H2,1-2H3,(H,95,96)/b7-5-,8-6-,13-11-,14-12-,19-17-,20-18-,25-23-,26-24-,31-29-,32-30-,37-35-,38-36-,43-41-,45-42-,48-46-,51-49-,54-52-,57-55-,60-58-,66-64-. The number of nitrogens with two attached hydrogens (primary N) is 1. The maximum atomic E-state index is 12.8. The van der Waals surface area contributed by atoms with Gasteiger partial charge in [-0.25, -0.2) is 4.57 Å². The summed E-state index contributed by atoms with van der Waals surface area (Å²) in [7, 11) is -4.42. The van der Waals surface area contributed by atoms with Crippen molar-refractivity contribution in [1.82, 2.24) is 0 Å². The lowest BCUT2D eigenvalue weighted by Gasteiger charge is -2.19. The van der Waals surface area contributed by atoms with Crippen LogP contribution in [-0.2, 0) is 32.7 Å². The Balaban J connectivity index is 3.99.